The average Bonchev–Trinajstić information content (AvgIpc) is 2.76. The van der Waals surface area contributed by atoms with Crippen LogP contribution < -0.4 is 0 Å². The van der Waals surface area contributed by atoms with E-state index in [1.165, 1.54) is 17.9 Å². The lowest BCUT2D eigenvalue weighted by Crippen LogP contribution is -2.54. The zero-order valence-electron chi connectivity index (χ0n) is 19.0. The molecule has 7 heteroatoms. The summed E-state index contributed by atoms with van der Waals surface area (Å²) in [6, 6.07) is 15.0. The molecule has 1 atom stereocenters. The average molecular weight is 461 g/mol. The van der Waals surface area contributed by atoms with Gasteiger partial charge in [0.25, 0.3) is 0 Å². The molecule has 5 nitrogen and oxygen atoms in total. The minimum Gasteiger partial charge on any atom is -0.375 e. The normalized spacial score (nSPS) is 21.8. The third-order valence-electron chi connectivity index (χ3n) is 6.87. The fraction of sp³-hybridized carbons (Fsp3) is 0.520. The van der Waals surface area contributed by atoms with E-state index in [0.717, 1.165) is 56.4 Å². The zero-order valence-corrected chi connectivity index (χ0v) is 19.8. The molecule has 0 aliphatic carbocycles. The van der Waals surface area contributed by atoms with Crippen molar-refractivity contribution >= 4 is 10.0 Å². The lowest BCUT2D eigenvalue weighted by Gasteiger charge is -2.48. The molecular formula is C25H33FN2O3S. The maximum atomic E-state index is 13.6. The molecule has 32 heavy (non-hydrogen) atoms. The summed E-state index contributed by atoms with van der Waals surface area (Å²) < 4.78 is 45.9. The van der Waals surface area contributed by atoms with Gasteiger partial charge in [-0.15, -0.1) is 0 Å². The van der Waals surface area contributed by atoms with Crippen molar-refractivity contribution in [2.45, 2.75) is 50.8 Å². The van der Waals surface area contributed by atoms with Crippen LogP contribution in [0.3, 0.4) is 0 Å². The Morgan fingerprint density at radius 1 is 1.12 bits per heavy atom. The van der Waals surface area contributed by atoms with Gasteiger partial charge in [0.15, 0.2) is 0 Å². The van der Waals surface area contributed by atoms with Crippen LogP contribution in [0.25, 0.3) is 11.1 Å². The van der Waals surface area contributed by atoms with Crippen LogP contribution in [0, 0.1) is 5.82 Å². The van der Waals surface area contributed by atoms with Crippen molar-refractivity contribution < 1.29 is 17.5 Å². The van der Waals surface area contributed by atoms with Gasteiger partial charge < -0.3 is 4.74 Å². The molecule has 174 valence electrons. The molecular weight excluding hydrogens is 427 g/mol. The van der Waals surface area contributed by atoms with Gasteiger partial charge in [-0.2, -0.15) is 4.31 Å². The van der Waals surface area contributed by atoms with Gasteiger partial charge in [0.05, 0.1) is 11.9 Å². The summed E-state index contributed by atoms with van der Waals surface area (Å²) in [5.74, 6) is -0.225. The van der Waals surface area contributed by atoms with Crippen LogP contribution >= 0.6 is 0 Å². The summed E-state index contributed by atoms with van der Waals surface area (Å²) in [5.41, 5.74) is 2.90. The maximum Gasteiger partial charge on any atom is 0.211 e. The summed E-state index contributed by atoms with van der Waals surface area (Å²) >= 11 is 0. The van der Waals surface area contributed by atoms with E-state index in [-0.39, 0.29) is 17.5 Å². The number of rotatable bonds is 6. The molecule has 2 aromatic rings. The summed E-state index contributed by atoms with van der Waals surface area (Å²) in [7, 11) is -3.21. The molecule has 2 saturated heterocycles. The highest BCUT2D eigenvalue weighted by molar-refractivity contribution is 7.88. The standard InChI is InChI=1S/C25H33FN2O3S/c1-3-28(32(2,29)30)24-10-15-31-25(18-24)11-13-27(14-12-25)19-20-6-4-7-21(16-20)22-8-5-9-23(26)17-22/h4-9,16-17,24H,3,10-15,18-19H2,1-2H3. The van der Waals surface area contributed by atoms with Gasteiger partial charge in [0.2, 0.25) is 10.0 Å². The minimum atomic E-state index is -3.21. The number of nitrogens with zero attached hydrogens (tertiary/aromatic N) is 2. The Morgan fingerprint density at radius 3 is 2.47 bits per heavy atom. The largest absolute Gasteiger partial charge is 0.375 e. The van der Waals surface area contributed by atoms with Crippen molar-refractivity contribution in [3.63, 3.8) is 0 Å². The second-order valence-corrected chi connectivity index (χ2v) is 11.1. The van der Waals surface area contributed by atoms with Crippen LogP contribution in [0.1, 0.15) is 38.2 Å². The van der Waals surface area contributed by atoms with Crippen LogP contribution in [-0.2, 0) is 21.3 Å². The number of hydrogen-bond donors (Lipinski definition) is 0. The molecule has 2 heterocycles. The highest BCUT2D eigenvalue weighted by Gasteiger charge is 2.43. The number of hydrogen-bond acceptors (Lipinski definition) is 4. The van der Waals surface area contributed by atoms with Crippen molar-refractivity contribution in [3.8, 4) is 11.1 Å². The van der Waals surface area contributed by atoms with Crippen molar-refractivity contribution in [1.82, 2.24) is 9.21 Å². The Labute approximate surface area is 191 Å². The predicted molar refractivity (Wildman–Crippen MR) is 125 cm³/mol. The highest BCUT2D eigenvalue weighted by atomic mass is 32.2. The monoisotopic (exact) mass is 460 g/mol. The fourth-order valence-electron chi connectivity index (χ4n) is 5.25. The van der Waals surface area contributed by atoms with E-state index in [0.29, 0.717) is 13.2 Å². The first-order valence-corrected chi connectivity index (χ1v) is 13.3. The zero-order chi connectivity index (χ0) is 22.8. The quantitative estimate of drug-likeness (QED) is 0.645. The van der Waals surface area contributed by atoms with Crippen LogP contribution in [0.4, 0.5) is 4.39 Å². The van der Waals surface area contributed by atoms with Crippen LogP contribution in [-0.4, -0.2) is 61.8 Å². The molecule has 2 aromatic carbocycles. The molecule has 1 unspecified atom stereocenters. The predicted octanol–water partition coefficient (Wildman–Crippen LogP) is 4.29. The summed E-state index contributed by atoms with van der Waals surface area (Å²) in [5, 5.41) is 0. The number of ether oxygens (including phenoxy) is 1. The molecule has 0 bridgehead atoms. The maximum absolute atomic E-state index is 13.6. The van der Waals surface area contributed by atoms with E-state index in [4.69, 9.17) is 4.74 Å². The molecule has 0 amide bonds. The fourth-order valence-corrected chi connectivity index (χ4v) is 6.44. The molecule has 0 radical (unpaired) electrons. The van der Waals surface area contributed by atoms with Crippen molar-refractivity contribution in [1.29, 1.82) is 0 Å². The first-order chi connectivity index (χ1) is 15.3. The number of sulfonamides is 1. The SMILES string of the molecule is CCN(C1CCOC2(CCN(Cc3cccc(-c4cccc(F)c4)c3)CC2)C1)S(C)(=O)=O. The van der Waals surface area contributed by atoms with Crippen molar-refractivity contribution in [2.75, 3.05) is 32.5 Å². The molecule has 1 spiro atoms. The second kappa shape index (κ2) is 9.59. The summed E-state index contributed by atoms with van der Waals surface area (Å²) in [4.78, 5) is 2.43. The Kier molecular flexibility index (Phi) is 7.00. The summed E-state index contributed by atoms with van der Waals surface area (Å²) in [6.07, 6.45) is 4.66. The van der Waals surface area contributed by atoms with E-state index in [9.17, 15) is 12.8 Å². The first-order valence-electron chi connectivity index (χ1n) is 11.5. The third-order valence-corrected chi connectivity index (χ3v) is 8.28. The molecule has 4 rings (SSSR count). The second-order valence-electron chi connectivity index (χ2n) is 9.13. The van der Waals surface area contributed by atoms with Gasteiger partial charge in [0, 0.05) is 38.8 Å². The number of halogens is 1. The van der Waals surface area contributed by atoms with Gasteiger partial charge in [0.1, 0.15) is 5.82 Å². The molecule has 2 aliphatic heterocycles. The number of benzene rings is 2. The molecule has 0 aromatic heterocycles. The first kappa shape index (κ1) is 23.4. The van der Waals surface area contributed by atoms with E-state index in [1.54, 1.807) is 16.4 Å². The number of likely N-dealkylation sites (tertiary alicyclic amines) is 1. The van der Waals surface area contributed by atoms with E-state index in [2.05, 4.69) is 17.0 Å². The van der Waals surface area contributed by atoms with E-state index in [1.807, 2.05) is 25.1 Å². The topological polar surface area (TPSA) is 49.9 Å². The summed E-state index contributed by atoms with van der Waals surface area (Å²) in [6.45, 7) is 5.71. The van der Waals surface area contributed by atoms with Gasteiger partial charge in [-0.3, -0.25) is 4.90 Å². The lowest BCUT2D eigenvalue weighted by molar-refractivity contribution is -0.127. The molecule has 2 fully saturated rings. The Hall–Kier alpha value is -1.80. The third kappa shape index (κ3) is 5.39. The lowest BCUT2D eigenvalue weighted by atomic mass is 9.82. The molecule has 0 saturated carbocycles. The highest BCUT2D eigenvalue weighted by Crippen LogP contribution is 2.37. The van der Waals surface area contributed by atoms with Crippen LogP contribution in [0.15, 0.2) is 48.5 Å². The van der Waals surface area contributed by atoms with Gasteiger partial charge in [-0.05, 0) is 60.6 Å². The molecule has 0 N–H and O–H groups in total. The van der Waals surface area contributed by atoms with E-state index < -0.39 is 10.0 Å². The van der Waals surface area contributed by atoms with Crippen molar-refractivity contribution in [2.24, 2.45) is 0 Å². The van der Waals surface area contributed by atoms with Crippen molar-refractivity contribution in [3.05, 3.63) is 59.9 Å². The van der Waals surface area contributed by atoms with Gasteiger partial charge in [-0.1, -0.05) is 37.3 Å². The Balaban J connectivity index is 1.38. The van der Waals surface area contributed by atoms with Gasteiger partial charge in [-0.25, -0.2) is 12.8 Å². The van der Waals surface area contributed by atoms with Crippen LogP contribution in [0.2, 0.25) is 0 Å². The van der Waals surface area contributed by atoms with Crippen LogP contribution in [0.5, 0.6) is 0 Å². The smallest absolute Gasteiger partial charge is 0.211 e. The van der Waals surface area contributed by atoms with E-state index >= 15 is 0 Å². The Bertz CT molecular complexity index is 1030. The Morgan fingerprint density at radius 2 is 1.81 bits per heavy atom. The van der Waals surface area contributed by atoms with Gasteiger partial charge >= 0.3 is 0 Å². The minimum absolute atomic E-state index is 0.0262. The number of piperidine rings is 1. The molecule has 2 aliphatic rings.